The third kappa shape index (κ3) is 4.43. The second-order valence-corrected chi connectivity index (χ2v) is 5.83. The van der Waals surface area contributed by atoms with Gasteiger partial charge in [-0.3, -0.25) is 4.79 Å². The number of hydrogen-bond acceptors (Lipinski definition) is 3. The van der Waals surface area contributed by atoms with Crippen molar-refractivity contribution >= 4 is 33.5 Å². The van der Waals surface area contributed by atoms with Crippen LogP contribution in [0.3, 0.4) is 0 Å². The fraction of sp³-hybridized carbons (Fsp3) is 0.176. The average Bonchev–Trinajstić information content (AvgIpc) is 2.44. The number of aryl methyl sites for hydroxylation is 2. The minimum atomic E-state index is -0.539. The van der Waals surface area contributed by atoms with E-state index in [2.05, 4.69) is 21.2 Å². The summed E-state index contributed by atoms with van der Waals surface area (Å²) in [5, 5.41) is 2.72. The maximum Gasteiger partial charge on any atom is 0.339 e. The number of amides is 1. The van der Waals surface area contributed by atoms with Crippen molar-refractivity contribution in [2.24, 2.45) is 0 Å². The molecule has 0 saturated heterocycles. The largest absolute Gasteiger partial charge is 0.452 e. The molecule has 2 rings (SSSR count). The first-order valence-corrected chi connectivity index (χ1v) is 7.55. The maximum atomic E-state index is 11.9. The molecule has 2 aromatic carbocycles. The van der Waals surface area contributed by atoms with Gasteiger partial charge in [0.15, 0.2) is 6.61 Å². The Labute approximate surface area is 137 Å². The van der Waals surface area contributed by atoms with Crippen molar-refractivity contribution in [2.75, 3.05) is 11.9 Å². The van der Waals surface area contributed by atoms with Crippen molar-refractivity contribution in [3.8, 4) is 0 Å². The first-order valence-electron chi connectivity index (χ1n) is 6.75. The van der Waals surface area contributed by atoms with E-state index >= 15 is 0 Å². The number of anilines is 1. The molecule has 0 radical (unpaired) electrons. The Morgan fingerprint density at radius 2 is 1.73 bits per heavy atom. The Kier molecular flexibility index (Phi) is 5.33. The number of hydrogen-bond donors (Lipinski definition) is 1. The summed E-state index contributed by atoms with van der Waals surface area (Å²) in [5.74, 6) is -0.909. The molecule has 0 aromatic heterocycles. The fourth-order valence-corrected chi connectivity index (χ4v) is 2.53. The summed E-state index contributed by atoms with van der Waals surface area (Å²) in [5.41, 5.74) is 3.20. The van der Waals surface area contributed by atoms with Crippen LogP contribution in [-0.2, 0) is 9.53 Å². The normalized spacial score (nSPS) is 10.1. The van der Waals surface area contributed by atoms with Crippen LogP contribution in [0.4, 0.5) is 5.69 Å². The molecular formula is C17H16BrNO3. The fourth-order valence-electron chi connectivity index (χ4n) is 2.08. The zero-order chi connectivity index (χ0) is 16.1. The van der Waals surface area contributed by atoms with Crippen molar-refractivity contribution in [1.29, 1.82) is 0 Å². The summed E-state index contributed by atoms with van der Waals surface area (Å²) >= 11 is 3.27. The molecule has 0 aliphatic carbocycles. The lowest BCUT2D eigenvalue weighted by Gasteiger charge is -2.09. The van der Waals surface area contributed by atoms with Crippen LogP contribution >= 0.6 is 15.9 Å². The highest BCUT2D eigenvalue weighted by Gasteiger charge is 2.13. The van der Waals surface area contributed by atoms with Gasteiger partial charge in [0.25, 0.3) is 5.91 Å². The van der Waals surface area contributed by atoms with Gasteiger partial charge in [-0.1, -0.05) is 18.2 Å². The van der Waals surface area contributed by atoms with E-state index in [4.69, 9.17) is 4.74 Å². The summed E-state index contributed by atoms with van der Waals surface area (Å²) in [6, 6.07) is 12.6. The van der Waals surface area contributed by atoms with Crippen LogP contribution in [0.15, 0.2) is 46.9 Å². The predicted molar refractivity (Wildman–Crippen MR) is 89.0 cm³/mol. The number of halogens is 1. The van der Waals surface area contributed by atoms with Crippen LogP contribution in [0.1, 0.15) is 21.5 Å². The van der Waals surface area contributed by atoms with Gasteiger partial charge in [-0.2, -0.15) is 0 Å². The molecule has 1 N–H and O–H groups in total. The standard InChI is InChI=1S/C17H16BrNO3/c1-11-7-12(2)9-13(8-11)19-16(20)10-22-17(21)14-5-3-4-6-15(14)18/h3-9H,10H2,1-2H3,(H,19,20). The van der Waals surface area contributed by atoms with Gasteiger partial charge >= 0.3 is 5.97 Å². The predicted octanol–water partition coefficient (Wildman–Crippen LogP) is 3.86. The van der Waals surface area contributed by atoms with Gasteiger partial charge < -0.3 is 10.1 Å². The van der Waals surface area contributed by atoms with Gasteiger partial charge in [0.1, 0.15) is 0 Å². The topological polar surface area (TPSA) is 55.4 Å². The van der Waals surface area contributed by atoms with E-state index < -0.39 is 5.97 Å². The van der Waals surface area contributed by atoms with E-state index in [1.807, 2.05) is 32.0 Å². The highest BCUT2D eigenvalue weighted by Crippen LogP contribution is 2.17. The van der Waals surface area contributed by atoms with Gasteiger partial charge in [0, 0.05) is 10.2 Å². The molecule has 0 aliphatic heterocycles. The van der Waals surface area contributed by atoms with Crippen LogP contribution in [-0.4, -0.2) is 18.5 Å². The lowest BCUT2D eigenvalue weighted by atomic mass is 10.1. The van der Waals surface area contributed by atoms with Crippen molar-refractivity contribution in [3.05, 3.63) is 63.6 Å². The summed E-state index contributed by atoms with van der Waals surface area (Å²) in [6.07, 6.45) is 0. The van der Waals surface area contributed by atoms with Crippen LogP contribution in [0.2, 0.25) is 0 Å². The van der Waals surface area contributed by atoms with Crippen molar-refractivity contribution in [2.45, 2.75) is 13.8 Å². The van der Waals surface area contributed by atoms with Crippen LogP contribution < -0.4 is 5.32 Å². The highest BCUT2D eigenvalue weighted by molar-refractivity contribution is 9.10. The van der Waals surface area contributed by atoms with Crippen molar-refractivity contribution < 1.29 is 14.3 Å². The Balaban J connectivity index is 1.93. The summed E-state index contributed by atoms with van der Waals surface area (Å²) in [4.78, 5) is 23.8. The third-order valence-electron chi connectivity index (χ3n) is 2.93. The van der Waals surface area contributed by atoms with Crippen LogP contribution in [0.5, 0.6) is 0 Å². The van der Waals surface area contributed by atoms with Crippen LogP contribution in [0, 0.1) is 13.8 Å². The summed E-state index contributed by atoms with van der Waals surface area (Å²) < 4.78 is 5.66. The number of carbonyl (C=O) groups excluding carboxylic acids is 2. The molecular weight excluding hydrogens is 346 g/mol. The zero-order valence-corrected chi connectivity index (χ0v) is 13.9. The van der Waals surface area contributed by atoms with Gasteiger partial charge in [-0.15, -0.1) is 0 Å². The molecule has 0 fully saturated rings. The first-order chi connectivity index (χ1) is 10.5. The molecule has 0 bridgehead atoms. The van der Waals surface area contributed by atoms with Crippen molar-refractivity contribution in [1.82, 2.24) is 0 Å². The van der Waals surface area contributed by atoms with E-state index in [0.29, 0.717) is 15.7 Å². The number of carbonyl (C=O) groups is 2. The van der Waals surface area contributed by atoms with Gasteiger partial charge in [0.2, 0.25) is 0 Å². The second kappa shape index (κ2) is 7.22. The molecule has 0 saturated carbocycles. The maximum absolute atomic E-state index is 11.9. The molecule has 2 aromatic rings. The van der Waals surface area contributed by atoms with E-state index in [9.17, 15) is 9.59 Å². The highest BCUT2D eigenvalue weighted by atomic mass is 79.9. The summed E-state index contributed by atoms with van der Waals surface area (Å²) in [7, 11) is 0. The molecule has 1 amide bonds. The Morgan fingerprint density at radius 1 is 1.09 bits per heavy atom. The molecule has 0 unspecified atom stereocenters. The Bertz CT molecular complexity index is 693. The van der Waals surface area contributed by atoms with Gasteiger partial charge in [-0.25, -0.2) is 4.79 Å². The Morgan fingerprint density at radius 3 is 2.36 bits per heavy atom. The minimum Gasteiger partial charge on any atom is -0.452 e. The Hall–Kier alpha value is -2.14. The molecule has 0 heterocycles. The van der Waals surface area contributed by atoms with E-state index in [1.54, 1.807) is 24.3 Å². The van der Waals surface area contributed by atoms with Crippen LogP contribution in [0.25, 0.3) is 0 Å². The minimum absolute atomic E-state index is 0.326. The summed E-state index contributed by atoms with van der Waals surface area (Å²) in [6.45, 7) is 3.58. The van der Waals surface area contributed by atoms with E-state index in [1.165, 1.54) is 0 Å². The number of benzene rings is 2. The third-order valence-corrected chi connectivity index (χ3v) is 3.63. The number of rotatable bonds is 4. The van der Waals surface area contributed by atoms with Gasteiger partial charge in [0.05, 0.1) is 5.56 Å². The molecule has 5 heteroatoms. The van der Waals surface area contributed by atoms with Gasteiger partial charge in [-0.05, 0) is 65.2 Å². The van der Waals surface area contributed by atoms with E-state index in [0.717, 1.165) is 11.1 Å². The number of ether oxygens (including phenoxy) is 1. The smallest absolute Gasteiger partial charge is 0.339 e. The quantitative estimate of drug-likeness (QED) is 0.841. The zero-order valence-electron chi connectivity index (χ0n) is 12.4. The average molecular weight is 362 g/mol. The first kappa shape index (κ1) is 16.2. The molecule has 114 valence electrons. The molecule has 0 atom stereocenters. The SMILES string of the molecule is Cc1cc(C)cc(NC(=O)COC(=O)c2ccccc2Br)c1. The monoisotopic (exact) mass is 361 g/mol. The molecule has 0 aliphatic rings. The second-order valence-electron chi connectivity index (χ2n) is 4.98. The number of esters is 1. The molecule has 0 spiro atoms. The lowest BCUT2D eigenvalue weighted by Crippen LogP contribution is -2.21. The molecule has 4 nitrogen and oxygen atoms in total. The number of nitrogens with one attached hydrogen (secondary N) is 1. The lowest BCUT2D eigenvalue weighted by molar-refractivity contribution is -0.119. The van der Waals surface area contributed by atoms with E-state index in [-0.39, 0.29) is 12.5 Å². The molecule has 22 heavy (non-hydrogen) atoms. The van der Waals surface area contributed by atoms with Crippen molar-refractivity contribution in [3.63, 3.8) is 0 Å².